The average Bonchev–Trinajstić information content (AvgIpc) is 2.33. The van der Waals surface area contributed by atoms with Gasteiger partial charge in [0, 0.05) is 25.0 Å². The number of halogens is 1. The third-order valence-corrected chi connectivity index (χ3v) is 2.85. The quantitative estimate of drug-likeness (QED) is 0.261. The van der Waals surface area contributed by atoms with Gasteiger partial charge in [-0.15, -0.1) is 0 Å². The highest BCUT2D eigenvalue weighted by Crippen LogP contribution is 2.06. The van der Waals surface area contributed by atoms with E-state index in [9.17, 15) is 0 Å². The zero-order valence-electron chi connectivity index (χ0n) is 11.1. The van der Waals surface area contributed by atoms with E-state index in [0.717, 1.165) is 11.8 Å². The Bertz CT molecular complexity index is 202. The van der Waals surface area contributed by atoms with E-state index in [2.05, 4.69) is 27.8 Å². The summed E-state index contributed by atoms with van der Waals surface area (Å²) >= 11 is 3.44. The first-order valence-electron chi connectivity index (χ1n) is 6.62. The molecule has 0 aromatic carbocycles. The van der Waals surface area contributed by atoms with E-state index in [1.165, 1.54) is 32.1 Å². The minimum absolute atomic E-state index is 0.335. The lowest BCUT2D eigenvalue weighted by Gasteiger charge is -2.09. The van der Waals surface area contributed by atoms with Crippen molar-refractivity contribution in [2.24, 2.45) is 0 Å². The first kappa shape index (κ1) is 17.0. The highest BCUT2D eigenvalue weighted by Gasteiger charge is 2.00. The van der Waals surface area contributed by atoms with Crippen LogP contribution in [0, 0.1) is 11.8 Å². The van der Waals surface area contributed by atoms with Crippen LogP contribution in [0.2, 0.25) is 0 Å². The largest absolute Gasteiger partial charge is 0.342 e. The Hall–Kier alpha value is -0.0400. The molecule has 0 atom stereocenters. The minimum Gasteiger partial charge on any atom is -0.342 e. The molecule has 0 rings (SSSR count). The van der Waals surface area contributed by atoms with Crippen molar-refractivity contribution in [3.05, 3.63) is 0 Å². The van der Waals surface area contributed by atoms with E-state index >= 15 is 0 Å². The van der Waals surface area contributed by atoms with E-state index in [0.29, 0.717) is 13.2 Å². The molecule has 0 saturated carbocycles. The Morgan fingerprint density at radius 3 is 2.12 bits per heavy atom. The predicted molar refractivity (Wildman–Crippen MR) is 76.3 cm³/mol. The monoisotopic (exact) mass is 304 g/mol. The Kier molecular flexibility index (Phi) is 14.0. The average molecular weight is 305 g/mol. The summed E-state index contributed by atoms with van der Waals surface area (Å²) in [5.74, 6) is 6.16. The molecule has 0 amide bonds. The van der Waals surface area contributed by atoms with Gasteiger partial charge in [0.1, 0.15) is 0 Å². The van der Waals surface area contributed by atoms with Crippen LogP contribution in [0.25, 0.3) is 0 Å². The van der Waals surface area contributed by atoms with Crippen molar-refractivity contribution in [2.75, 3.05) is 18.5 Å². The van der Waals surface area contributed by atoms with Crippen molar-refractivity contribution >= 4 is 15.9 Å². The molecule has 0 aromatic heterocycles. The third-order valence-electron chi connectivity index (χ3n) is 2.29. The lowest BCUT2D eigenvalue weighted by molar-refractivity contribution is -0.0970. The van der Waals surface area contributed by atoms with Gasteiger partial charge in [-0.1, -0.05) is 41.1 Å². The second-order valence-electron chi connectivity index (χ2n) is 3.77. The number of hydrogen-bond donors (Lipinski definition) is 0. The lowest BCUT2D eigenvalue weighted by atomic mass is 10.1. The van der Waals surface area contributed by atoms with Crippen molar-refractivity contribution in [1.29, 1.82) is 0 Å². The first-order chi connectivity index (χ1) is 8.35. The Morgan fingerprint density at radius 1 is 0.941 bits per heavy atom. The fourth-order valence-corrected chi connectivity index (χ4v) is 1.82. The molecule has 0 aliphatic carbocycles. The molecule has 0 saturated heterocycles. The number of rotatable bonds is 10. The van der Waals surface area contributed by atoms with Gasteiger partial charge in [-0.25, -0.2) is 0 Å². The molecule has 0 fully saturated rings. The smallest absolute Gasteiger partial charge is 0.222 e. The van der Waals surface area contributed by atoms with Gasteiger partial charge in [0.05, 0.1) is 0 Å². The van der Waals surface area contributed by atoms with E-state index in [1.54, 1.807) is 0 Å². The zero-order chi connectivity index (χ0) is 12.8. The van der Waals surface area contributed by atoms with Crippen LogP contribution in [0.15, 0.2) is 0 Å². The molecule has 2 nitrogen and oxygen atoms in total. The van der Waals surface area contributed by atoms with Gasteiger partial charge in [-0.05, 0) is 32.6 Å². The van der Waals surface area contributed by atoms with Crippen LogP contribution in [0.4, 0.5) is 0 Å². The Labute approximate surface area is 115 Å². The predicted octanol–water partition coefficient (Wildman–Crippen LogP) is 4.12. The molecule has 0 aromatic rings. The Balaban J connectivity index is 3.49. The summed E-state index contributed by atoms with van der Waals surface area (Å²) in [6.45, 7) is 5.20. The van der Waals surface area contributed by atoms with Crippen LogP contribution in [0.1, 0.15) is 52.4 Å². The number of unbranched alkanes of at least 4 members (excludes halogenated alkanes) is 5. The van der Waals surface area contributed by atoms with Gasteiger partial charge in [-0.2, -0.15) is 0 Å². The molecule has 0 heterocycles. The maximum absolute atomic E-state index is 5.34. The summed E-state index contributed by atoms with van der Waals surface area (Å²) < 4.78 is 10.7. The van der Waals surface area contributed by atoms with Crippen molar-refractivity contribution in [1.82, 2.24) is 0 Å². The van der Waals surface area contributed by atoms with Crippen LogP contribution in [-0.2, 0) is 9.47 Å². The minimum atomic E-state index is -0.335. The summed E-state index contributed by atoms with van der Waals surface area (Å²) in [4.78, 5) is 0. The number of alkyl halides is 1. The highest BCUT2D eigenvalue weighted by atomic mass is 79.9. The molecule has 0 N–H and O–H groups in total. The van der Waals surface area contributed by atoms with E-state index in [1.807, 2.05) is 13.8 Å². The summed E-state index contributed by atoms with van der Waals surface area (Å²) in [6.07, 6.45) is 6.98. The van der Waals surface area contributed by atoms with Crippen LogP contribution >= 0.6 is 15.9 Å². The zero-order valence-corrected chi connectivity index (χ0v) is 12.7. The van der Waals surface area contributed by atoms with E-state index in [-0.39, 0.29) is 6.29 Å². The topological polar surface area (TPSA) is 18.5 Å². The van der Waals surface area contributed by atoms with Gasteiger partial charge in [0.2, 0.25) is 6.29 Å². The lowest BCUT2D eigenvalue weighted by Crippen LogP contribution is -2.14. The second-order valence-corrected chi connectivity index (χ2v) is 4.56. The van der Waals surface area contributed by atoms with E-state index in [4.69, 9.17) is 9.47 Å². The fourth-order valence-electron chi connectivity index (χ4n) is 1.43. The number of hydrogen-bond acceptors (Lipinski definition) is 2. The second kappa shape index (κ2) is 14.0. The molecule has 0 aliphatic heterocycles. The summed E-state index contributed by atoms with van der Waals surface area (Å²) in [5.41, 5.74) is 0. The van der Waals surface area contributed by atoms with Crippen LogP contribution in [0.3, 0.4) is 0 Å². The van der Waals surface area contributed by atoms with Crippen LogP contribution in [0.5, 0.6) is 0 Å². The SMILES string of the molecule is CCOC(C#CCCCCCCCBr)OCC. The van der Waals surface area contributed by atoms with Crippen LogP contribution in [-0.4, -0.2) is 24.8 Å². The van der Waals surface area contributed by atoms with Gasteiger partial charge in [-0.3, -0.25) is 0 Å². The normalized spacial score (nSPS) is 10.4. The summed E-state index contributed by atoms with van der Waals surface area (Å²) in [6, 6.07) is 0. The van der Waals surface area contributed by atoms with Crippen molar-refractivity contribution in [2.45, 2.75) is 58.7 Å². The molecule has 3 heteroatoms. The first-order valence-corrected chi connectivity index (χ1v) is 7.74. The highest BCUT2D eigenvalue weighted by molar-refractivity contribution is 9.09. The third kappa shape index (κ3) is 12.2. The van der Waals surface area contributed by atoms with Crippen molar-refractivity contribution in [3.8, 4) is 11.8 Å². The Morgan fingerprint density at radius 2 is 1.53 bits per heavy atom. The maximum Gasteiger partial charge on any atom is 0.222 e. The fraction of sp³-hybridized carbons (Fsp3) is 0.857. The molecule has 17 heavy (non-hydrogen) atoms. The van der Waals surface area contributed by atoms with Crippen molar-refractivity contribution < 1.29 is 9.47 Å². The molecular formula is C14H25BrO2. The molecule has 0 aliphatic rings. The standard InChI is InChI=1S/C14H25BrO2/c1-3-16-14(17-4-2)12-10-8-6-5-7-9-11-13-15/h14H,3-9,11,13H2,1-2H3. The van der Waals surface area contributed by atoms with E-state index < -0.39 is 0 Å². The van der Waals surface area contributed by atoms with Gasteiger partial charge in [0.25, 0.3) is 0 Å². The van der Waals surface area contributed by atoms with Crippen LogP contribution < -0.4 is 0 Å². The summed E-state index contributed by atoms with van der Waals surface area (Å²) in [5, 5.41) is 1.12. The van der Waals surface area contributed by atoms with Crippen molar-refractivity contribution in [3.63, 3.8) is 0 Å². The maximum atomic E-state index is 5.34. The van der Waals surface area contributed by atoms with Gasteiger partial charge in [0.15, 0.2) is 0 Å². The number of ether oxygens (including phenoxy) is 2. The molecule has 0 spiro atoms. The molecule has 0 bridgehead atoms. The molecule has 0 radical (unpaired) electrons. The molecular weight excluding hydrogens is 280 g/mol. The molecule has 100 valence electrons. The summed E-state index contributed by atoms with van der Waals surface area (Å²) in [7, 11) is 0. The van der Waals surface area contributed by atoms with Gasteiger partial charge >= 0.3 is 0 Å². The molecule has 0 unspecified atom stereocenters. The van der Waals surface area contributed by atoms with Gasteiger partial charge < -0.3 is 9.47 Å².